The number of alkyl halides is 3. The van der Waals surface area contributed by atoms with Gasteiger partial charge in [0.05, 0.1) is 18.0 Å². The second-order valence-corrected chi connectivity index (χ2v) is 6.04. The Bertz CT molecular complexity index is 919. The lowest BCUT2D eigenvalue weighted by Gasteiger charge is -2.16. The second kappa shape index (κ2) is 7.40. The van der Waals surface area contributed by atoms with Gasteiger partial charge in [0, 0.05) is 11.6 Å². The zero-order chi connectivity index (χ0) is 19.6. The molecule has 0 saturated heterocycles. The smallest absolute Gasteiger partial charge is 0.382 e. The number of nitrogens with zero attached hydrogens (tertiary/aromatic N) is 2. The molecule has 8 heteroatoms. The molecule has 0 radical (unpaired) electrons. The summed E-state index contributed by atoms with van der Waals surface area (Å²) < 4.78 is 57.4. The zero-order valence-electron chi connectivity index (χ0n) is 14.4. The van der Waals surface area contributed by atoms with E-state index in [0.717, 1.165) is 6.92 Å². The summed E-state index contributed by atoms with van der Waals surface area (Å²) in [7, 11) is 0. The highest BCUT2D eigenvalue weighted by Crippen LogP contribution is 2.27. The van der Waals surface area contributed by atoms with Crippen molar-refractivity contribution in [3.8, 4) is 16.9 Å². The van der Waals surface area contributed by atoms with Gasteiger partial charge in [0.15, 0.2) is 6.10 Å². The fourth-order valence-corrected chi connectivity index (χ4v) is 2.52. The van der Waals surface area contributed by atoms with Gasteiger partial charge in [0.1, 0.15) is 11.6 Å². The van der Waals surface area contributed by atoms with E-state index in [2.05, 4.69) is 5.10 Å². The minimum absolute atomic E-state index is 0.186. The summed E-state index contributed by atoms with van der Waals surface area (Å²) in [6, 6.07) is 14.2. The topological polar surface area (TPSA) is 53.1 Å². The van der Waals surface area contributed by atoms with E-state index >= 15 is 0 Å². The van der Waals surface area contributed by atoms with E-state index in [9.17, 15) is 17.6 Å². The molecule has 1 atom stereocenters. The molecule has 0 aliphatic heterocycles. The van der Waals surface area contributed by atoms with E-state index in [1.54, 1.807) is 47.1 Å². The van der Waals surface area contributed by atoms with Gasteiger partial charge in [-0.15, -0.1) is 0 Å². The molecule has 27 heavy (non-hydrogen) atoms. The normalized spacial score (nSPS) is 12.9. The second-order valence-electron chi connectivity index (χ2n) is 6.04. The Hall–Kier alpha value is -2.87. The Kier molecular flexibility index (Phi) is 5.18. The largest absolute Gasteiger partial charge is 0.414 e. The Morgan fingerprint density at radius 3 is 2.48 bits per heavy atom. The average molecular weight is 379 g/mol. The number of halogens is 4. The van der Waals surface area contributed by atoms with Crippen molar-refractivity contribution < 1.29 is 22.3 Å². The molecule has 2 N–H and O–H groups in total. The van der Waals surface area contributed by atoms with Crippen molar-refractivity contribution in [2.24, 2.45) is 0 Å². The van der Waals surface area contributed by atoms with Crippen LogP contribution in [0.4, 0.5) is 23.4 Å². The monoisotopic (exact) mass is 379 g/mol. The molecule has 4 nitrogen and oxygen atoms in total. The lowest BCUT2D eigenvalue weighted by atomic mass is 10.1. The first kappa shape index (κ1) is 18.9. The van der Waals surface area contributed by atoms with Crippen LogP contribution in [0.1, 0.15) is 12.5 Å². The van der Waals surface area contributed by atoms with E-state index in [1.807, 2.05) is 0 Å². The van der Waals surface area contributed by atoms with Crippen LogP contribution in [0.2, 0.25) is 0 Å². The standard InChI is InChI=1S/C19H17F4N3O/c1-12(19(21,22)23)27-11-13-3-2-4-14(9-13)17-10-18(24)25-26(17)16-7-5-15(20)6-8-16/h2-10,12H,11H2,1H3,(H2,24,25)/t12-/m1/s1. The Balaban J connectivity index is 1.88. The Morgan fingerprint density at radius 1 is 1.11 bits per heavy atom. The number of hydrogen-bond donors (Lipinski definition) is 1. The molecule has 1 aromatic heterocycles. The van der Waals surface area contributed by atoms with Crippen LogP contribution in [-0.2, 0) is 11.3 Å². The summed E-state index contributed by atoms with van der Waals surface area (Å²) in [6.45, 7) is 0.781. The third kappa shape index (κ3) is 4.46. The molecule has 3 rings (SSSR count). The first-order valence-corrected chi connectivity index (χ1v) is 8.13. The van der Waals surface area contributed by atoms with Crippen molar-refractivity contribution >= 4 is 5.82 Å². The van der Waals surface area contributed by atoms with Gasteiger partial charge in [-0.3, -0.25) is 0 Å². The maximum absolute atomic E-state index is 13.2. The number of nitrogen functional groups attached to an aromatic ring is 1. The van der Waals surface area contributed by atoms with E-state index in [4.69, 9.17) is 10.5 Å². The highest BCUT2D eigenvalue weighted by atomic mass is 19.4. The molecule has 142 valence electrons. The predicted octanol–water partition coefficient (Wildman–Crippen LogP) is 4.73. The third-order valence-electron chi connectivity index (χ3n) is 3.98. The maximum atomic E-state index is 13.2. The van der Waals surface area contributed by atoms with Gasteiger partial charge >= 0.3 is 6.18 Å². The molecule has 0 fully saturated rings. The fraction of sp³-hybridized carbons (Fsp3) is 0.211. The molecule has 3 aromatic rings. The van der Waals surface area contributed by atoms with Crippen LogP contribution in [0, 0.1) is 5.82 Å². The van der Waals surface area contributed by atoms with E-state index in [0.29, 0.717) is 22.5 Å². The van der Waals surface area contributed by atoms with Gasteiger partial charge in [0.25, 0.3) is 0 Å². The highest BCUT2D eigenvalue weighted by molar-refractivity contribution is 5.66. The zero-order valence-corrected chi connectivity index (χ0v) is 14.4. The number of rotatable bonds is 5. The number of nitrogens with two attached hydrogens (primary N) is 1. The quantitative estimate of drug-likeness (QED) is 0.652. The number of aromatic nitrogens is 2. The first-order valence-electron chi connectivity index (χ1n) is 8.13. The molecule has 0 saturated carbocycles. The minimum Gasteiger partial charge on any atom is -0.382 e. The van der Waals surface area contributed by atoms with Crippen LogP contribution in [0.15, 0.2) is 54.6 Å². The van der Waals surface area contributed by atoms with Gasteiger partial charge in [-0.25, -0.2) is 9.07 Å². The summed E-state index contributed by atoms with van der Waals surface area (Å²) >= 11 is 0. The van der Waals surface area contributed by atoms with E-state index < -0.39 is 12.3 Å². The van der Waals surface area contributed by atoms with Crippen molar-refractivity contribution in [1.82, 2.24) is 9.78 Å². The molecular weight excluding hydrogens is 362 g/mol. The fourth-order valence-electron chi connectivity index (χ4n) is 2.52. The van der Waals surface area contributed by atoms with Crippen LogP contribution in [-0.4, -0.2) is 22.1 Å². The number of benzene rings is 2. The molecule has 0 aliphatic rings. The van der Waals surface area contributed by atoms with Gasteiger partial charge < -0.3 is 10.5 Å². The van der Waals surface area contributed by atoms with Gasteiger partial charge in [-0.2, -0.15) is 18.3 Å². The number of hydrogen-bond acceptors (Lipinski definition) is 3. The van der Waals surface area contributed by atoms with Crippen molar-refractivity contribution in [3.05, 3.63) is 66.0 Å². The van der Waals surface area contributed by atoms with Crippen LogP contribution in [0.25, 0.3) is 16.9 Å². The molecule has 0 amide bonds. The van der Waals surface area contributed by atoms with Gasteiger partial charge in [0.2, 0.25) is 0 Å². The summed E-state index contributed by atoms with van der Waals surface area (Å²) in [5.41, 5.74) is 8.33. The number of ether oxygens (including phenoxy) is 1. The maximum Gasteiger partial charge on any atom is 0.414 e. The van der Waals surface area contributed by atoms with Crippen molar-refractivity contribution in [2.45, 2.75) is 25.8 Å². The van der Waals surface area contributed by atoms with Crippen LogP contribution in [0.5, 0.6) is 0 Å². The van der Waals surface area contributed by atoms with Gasteiger partial charge in [-0.1, -0.05) is 18.2 Å². The molecule has 0 aliphatic carbocycles. The molecule has 2 aromatic carbocycles. The first-order chi connectivity index (χ1) is 12.7. The van der Waals surface area contributed by atoms with Crippen LogP contribution in [0.3, 0.4) is 0 Å². The highest BCUT2D eigenvalue weighted by Gasteiger charge is 2.36. The Labute approximate surface area is 153 Å². The third-order valence-corrected chi connectivity index (χ3v) is 3.98. The lowest BCUT2D eigenvalue weighted by molar-refractivity contribution is -0.217. The van der Waals surface area contributed by atoms with Crippen molar-refractivity contribution in [1.29, 1.82) is 0 Å². The summed E-state index contributed by atoms with van der Waals surface area (Å²) in [5.74, 6) is -0.111. The van der Waals surface area contributed by atoms with Crippen molar-refractivity contribution in [2.75, 3.05) is 5.73 Å². The lowest BCUT2D eigenvalue weighted by Crippen LogP contribution is -2.28. The average Bonchev–Trinajstić information content (AvgIpc) is 3.01. The summed E-state index contributed by atoms with van der Waals surface area (Å²) in [4.78, 5) is 0. The summed E-state index contributed by atoms with van der Waals surface area (Å²) in [5, 5.41) is 4.22. The van der Waals surface area contributed by atoms with Crippen LogP contribution >= 0.6 is 0 Å². The summed E-state index contributed by atoms with van der Waals surface area (Å²) in [6.07, 6.45) is -6.27. The molecular formula is C19H17F4N3O. The Morgan fingerprint density at radius 2 is 1.81 bits per heavy atom. The molecule has 1 heterocycles. The van der Waals surface area contributed by atoms with Crippen LogP contribution < -0.4 is 5.73 Å². The SMILES string of the molecule is C[C@@H](OCc1cccc(-c2cc(N)nn2-c2ccc(F)cc2)c1)C(F)(F)F. The van der Waals surface area contributed by atoms with E-state index in [1.165, 1.54) is 12.1 Å². The number of anilines is 1. The molecule has 0 unspecified atom stereocenters. The molecule has 0 spiro atoms. The van der Waals surface area contributed by atoms with Gasteiger partial charge in [-0.05, 0) is 42.8 Å². The predicted molar refractivity (Wildman–Crippen MR) is 93.7 cm³/mol. The minimum atomic E-state index is -4.41. The van der Waals surface area contributed by atoms with E-state index in [-0.39, 0.29) is 18.2 Å². The van der Waals surface area contributed by atoms with Crippen molar-refractivity contribution in [3.63, 3.8) is 0 Å². The molecule has 0 bridgehead atoms.